The number of hydrogen-bond acceptors (Lipinski definition) is 3. The predicted molar refractivity (Wildman–Crippen MR) is 38.0 cm³/mol. The lowest BCUT2D eigenvalue weighted by atomic mass is 9.81. The Kier molecular flexibility index (Phi) is 1.03. The van der Waals surface area contributed by atoms with Crippen molar-refractivity contribution in [3.63, 3.8) is 0 Å². The molecule has 4 nitrogen and oxygen atoms in total. The van der Waals surface area contributed by atoms with E-state index in [0.29, 0.717) is 0 Å². The number of fused-ring (bicyclic) bond motifs is 5. The zero-order valence-electron chi connectivity index (χ0n) is 6.45. The van der Waals surface area contributed by atoms with Gasteiger partial charge in [0.15, 0.2) is 0 Å². The van der Waals surface area contributed by atoms with E-state index in [9.17, 15) is 9.59 Å². The maximum absolute atomic E-state index is 11.2. The summed E-state index contributed by atoms with van der Waals surface area (Å²) in [5.74, 6) is -0.595. The summed E-state index contributed by atoms with van der Waals surface area (Å²) in [6.45, 7) is 0. The first-order valence-electron chi connectivity index (χ1n) is 4.27. The van der Waals surface area contributed by atoms with Gasteiger partial charge in [-0.3, -0.25) is 14.9 Å². The van der Waals surface area contributed by atoms with Gasteiger partial charge in [-0.15, -0.1) is 0 Å². The smallest absolute Gasteiger partial charge is 0.233 e. The molecule has 3 aliphatic rings. The highest BCUT2D eigenvalue weighted by Crippen LogP contribution is 2.45. The molecule has 0 aromatic rings. The molecule has 64 valence electrons. The Morgan fingerprint density at radius 2 is 1.58 bits per heavy atom. The molecule has 12 heavy (non-hydrogen) atoms. The highest BCUT2D eigenvalue weighted by atomic mass is 16.5. The lowest BCUT2D eigenvalue weighted by Gasteiger charge is -2.15. The molecular formula is C8H9NO3. The highest BCUT2D eigenvalue weighted by Gasteiger charge is 2.59. The van der Waals surface area contributed by atoms with Crippen molar-refractivity contribution >= 4 is 11.8 Å². The van der Waals surface area contributed by atoms with E-state index in [2.05, 4.69) is 5.32 Å². The minimum atomic E-state index is -0.170. The van der Waals surface area contributed by atoms with Gasteiger partial charge in [0.05, 0.1) is 24.0 Å². The van der Waals surface area contributed by atoms with Crippen LogP contribution in [0.15, 0.2) is 0 Å². The average molecular weight is 167 g/mol. The van der Waals surface area contributed by atoms with E-state index >= 15 is 0 Å². The van der Waals surface area contributed by atoms with Crippen LogP contribution in [0, 0.1) is 11.8 Å². The van der Waals surface area contributed by atoms with Crippen LogP contribution in [0.1, 0.15) is 12.8 Å². The van der Waals surface area contributed by atoms with Crippen LogP contribution in [0.3, 0.4) is 0 Å². The third-order valence-electron chi connectivity index (χ3n) is 3.13. The Hall–Kier alpha value is -0.900. The van der Waals surface area contributed by atoms with Crippen molar-refractivity contribution in [3.05, 3.63) is 0 Å². The molecule has 0 spiro atoms. The molecule has 2 amide bonds. The number of imide groups is 1. The van der Waals surface area contributed by atoms with Crippen LogP contribution in [-0.4, -0.2) is 24.0 Å². The van der Waals surface area contributed by atoms with Crippen LogP contribution in [0.2, 0.25) is 0 Å². The van der Waals surface area contributed by atoms with Gasteiger partial charge in [-0.1, -0.05) is 0 Å². The molecule has 3 saturated heterocycles. The Morgan fingerprint density at radius 3 is 2.08 bits per heavy atom. The molecule has 1 N–H and O–H groups in total. The zero-order valence-corrected chi connectivity index (χ0v) is 6.45. The van der Waals surface area contributed by atoms with Crippen LogP contribution < -0.4 is 5.32 Å². The SMILES string of the molecule is O=C1NC(=O)[C@@H]2[C@@H]1[C@H]1CC[C@H]2O1. The predicted octanol–water partition coefficient (Wildman–Crippen LogP) is -0.564. The van der Waals surface area contributed by atoms with Gasteiger partial charge in [0.2, 0.25) is 11.8 Å². The summed E-state index contributed by atoms with van der Waals surface area (Å²) in [6.07, 6.45) is 1.91. The molecule has 3 heterocycles. The fourth-order valence-electron chi connectivity index (χ4n) is 2.63. The van der Waals surface area contributed by atoms with E-state index < -0.39 is 0 Å². The summed E-state index contributed by atoms with van der Waals surface area (Å²) < 4.78 is 5.50. The van der Waals surface area contributed by atoms with Gasteiger partial charge in [-0.05, 0) is 12.8 Å². The van der Waals surface area contributed by atoms with Gasteiger partial charge >= 0.3 is 0 Å². The maximum Gasteiger partial charge on any atom is 0.233 e. The van der Waals surface area contributed by atoms with Crippen LogP contribution >= 0.6 is 0 Å². The van der Waals surface area contributed by atoms with Crippen LogP contribution in [0.5, 0.6) is 0 Å². The second-order valence-electron chi connectivity index (χ2n) is 3.70. The summed E-state index contributed by atoms with van der Waals surface area (Å²) >= 11 is 0. The molecule has 3 aliphatic heterocycles. The Labute approximate surface area is 69.3 Å². The van der Waals surface area contributed by atoms with E-state index in [0.717, 1.165) is 12.8 Å². The van der Waals surface area contributed by atoms with Crippen molar-refractivity contribution in [1.29, 1.82) is 0 Å². The molecule has 2 bridgehead atoms. The van der Waals surface area contributed by atoms with Crippen molar-refractivity contribution in [2.45, 2.75) is 25.0 Å². The van der Waals surface area contributed by atoms with Crippen LogP contribution in [-0.2, 0) is 14.3 Å². The summed E-state index contributed by atoms with van der Waals surface area (Å²) in [4.78, 5) is 22.5. The van der Waals surface area contributed by atoms with E-state index in [1.165, 1.54) is 0 Å². The maximum atomic E-state index is 11.2. The molecule has 0 unspecified atom stereocenters. The lowest BCUT2D eigenvalue weighted by Crippen LogP contribution is -2.29. The lowest BCUT2D eigenvalue weighted by molar-refractivity contribution is -0.128. The number of rotatable bonds is 0. The van der Waals surface area contributed by atoms with Gasteiger partial charge in [-0.25, -0.2) is 0 Å². The molecular weight excluding hydrogens is 158 g/mol. The Balaban J connectivity index is 2.03. The second kappa shape index (κ2) is 1.88. The van der Waals surface area contributed by atoms with Crippen LogP contribution in [0.4, 0.5) is 0 Å². The van der Waals surface area contributed by atoms with E-state index in [1.807, 2.05) is 0 Å². The third kappa shape index (κ3) is 0.579. The van der Waals surface area contributed by atoms with E-state index in [4.69, 9.17) is 4.74 Å². The number of carbonyl (C=O) groups excluding carboxylic acids is 2. The van der Waals surface area contributed by atoms with Gasteiger partial charge < -0.3 is 4.74 Å². The number of nitrogens with one attached hydrogen (secondary N) is 1. The van der Waals surface area contributed by atoms with Gasteiger partial charge in [0.25, 0.3) is 0 Å². The fraction of sp³-hybridized carbons (Fsp3) is 0.750. The van der Waals surface area contributed by atoms with Crippen molar-refractivity contribution in [2.24, 2.45) is 11.8 Å². The van der Waals surface area contributed by atoms with E-state index in [-0.39, 0.29) is 35.9 Å². The minimum Gasteiger partial charge on any atom is -0.373 e. The van der Waals surface area contributed by atoms with Crippen LogP contribution in [0.25, 0.3) is 0 Å². The Morgan fingerprint density at radius 1 is 1.08 bits per heavy atom. The van der Waals surface area contributed by atoms with Gasteiger partial charge in [0, 0.05) is 0 Å². The first-order valence-corrected chi connectivity index (χ1v) is 4.27. The molecule has 4 atom stereocenters. The normalized spacial score (nSPS) is 49.7. The first kappa shape index (κ1) is 6.60. The van der Waals surface area contributed by atoms with E-state index in [1.54, 1.807) is 0 Å². The standard InChI is InChI=1S/C8H9NO3/c10-7-5-3-1-2-4(12-3)6(5)8(11)9-7/h3-6H,1-2H2,(H,9,10,11)/t3-,4-,5+,6+/m1/s1. The molecule has 3 fully saturated rings. The zero-order chi connectivity index (χ0) is 8.29. The Bertz CT molecular complexity index is 249. The number of hydrogen-bond donors (Lipinski definition) is 1. The number of ether oxygens (including phenoxy) is 1. The number of amides is 2. The average Bonchev–Trinajstić information content (AvgIpc) is 2.64. The quantitative estimate of drug-likeness (QED) is 0.492. The van der Waals surface area contributed by atoms with Crippen molar-refractivity contribution < 1.29 is 14.3 Å². The third-order valence-corrected chi connectivity index (χ3v) is 3.13. The molecule has 0 saturated carbocycles. The minimum absolute atomic E-state index is 0.0199. The molecule has 4 heteroatoms. The van der Waals surface area contributed by atoms with Gasteiger partial charge in [0.1, 0.15) is 0 Å². The summed E-state index contributed by atoms with van der Waals surface area (Å²) in [5, 5.41) is 2.36. The number of carbonyl (C=O) groups is 2. The molecule has 0 radical (unpaired) electrons. The fourth-order valence-corrected chi connectivity index (χ4v) is 2.63. The monoisotopic (exact) mass is 167 g/mol. The highest BCUT2D eigenvalue weighted by molar-refractivity contribution is 6.06. The van der Waals surface area contributed by atoms with Crippen molar-refractivity contribution in [2.75, 3.05) is 0 Å². The van der Waals surface area contributed by atoms with Crippen molar-refractivity contribution in [3.8, 4) is 0 Å². The molecule has 0 aliphatic carbocycles. The second-order valence-corrected chi connectivity index (χ2v) is 3.70. The molecule has 0 aromatic carbocycles. The topological polar surface area (TPSA) is 55.4 Å². The summed E-state index contributed by atoms with van der Waals surface area (Å²) in [6, 6.07) is 0. The molecule has 3 rings (SSSR count). The summed E-state index contributed by atoms with van der Waals surface area (Å²) in [5.41, 5.74) is 0. The van der Waals surface area contributed by atoms with Crippen molar-refractivity contribution in [1.82, 2.24) is 5.32 Å². The summed E-state index contributed by atoms with van der Waals surface area (Å²) in [7, 11) is 0. The first-order chi connectivity index (χ1) is 5.77. The molecule has 0 aromatic heterocycles. The largest absolute Gasteiger partial charge is 0.373 e. The van der Waals surface area contributed by atoms with Gasteiger partial charge in [-0.2, -0.15) is 0 Å².